The van der Waals surface area contributed by atoms with E-state index in [1.807, 2.05) is 18.2 Å². The quantitative estimate of drug-likeness (QED) is 0.578. The van der Waals surface area contributed by atoms with Gasteiger partial charge in [0, 0.05) is 29.7 Å². The van der Waals surface area contributed by atoms with Gasteiger partial charge in [0.2, 0.25) is 0 Å². The van der Waals surface area contributed by atoms with Gasteiger partial charge < -0.3 is 10.2 Å². The van der Waals surface area contributed by atoms with Crippen molar-refractivity contribution in [1.82, 2.24) is 9.97 Å². The Morgan fingerprint density at radius 3 is 2.80 bits per heavy atom. The van der Waals surface area contributed by atoms with Gasteiger partial charge in [-0.2, -0.15) is 13.2 Å². The highest BCUT2D eigenvalue weighted by molar-refractivity contribution is 7.18. The van der Waals surface area contributed by atoms with Crippen LogP contribution in [0.25, 0.3) is 10.2 Å². The van der Waals surface area contributed by atoms with E-state index in [4.69, 9.17) is 0 Å². The molecule has 30 heavy (non-hydrogen) atoms. The first kappa shape index (κ1) is 19.6. The van der Waals surface area contributed by atoms with Gasteiger partial charge in [0.05, 0.1) is 11.8 Å². The fraction of sp³-hybridized carbons (Fsp3) is 0.455. The van der Waals surface area contributed by atoms with E-state index in [0.29, 0.717) is 15.7 Å². The van der Waals surface area contributed by atoms with Crippen molar-refractivity contribution >= 4 is 33.1 Å². The highest BCUT2D eigenvalue weighted by Crippen LogP contribution is 2.48. The Morgan fingerprint density at radius 1 is 1.17 bits per heavy atom. The minimum absolute atomic E-state index is 0.245. The molecule has 3 heterocycles. The first-order valence-corrected chi connectivity index (χ1v) is 11.1. The van der Waals surface area contributed by atoms with Crippen molar-refractivity contribution in [3.8, 4) is 0 Å². The average Bonchev–Trinajstić information content (AvgIpc) is 3.40. The second-order valence-corrected chi connectivity index (χ2v) is 9.66. The fourth-order valence-electron chi connectivity index (χ4n) is 5.02. The van der Waals surface area contributed by atoms with Gasteiger partial charge in [-0.05, 0) is 49.3 Å². The van der Waals surface area contributed by atoms with Crippen molar-refractivity contribution in [3.63, 3.8) is 0 Å². The lowest BCUT2D eigenvalue weighted by Gasteiger charge is -2.25. The fourth-order valence-corrected chi connectivity index (χ4v) is 6.04. The van der Waals surface area contributed by atoms with Gasteiger partial charge >= 0.3 is 6.18 Å². The van der Waals surface area contributed by atoms with Crippen molar-refractivity contribution in [2.75, 3.05) is 23.3 Å². The molecular weight excluding hydrogens is 409 g/mol. The first-order valence-electron chi connectivity index (χ1n) is 10.3. The molecule has 0 radical (unpaired) electrons. The molecule has 0 amide bonds. The number of hydrogen-bond donors (Lipinski definition) is 1. The normalized spacial score (nSPS) is 24.2. The number of benzene rings is 1. The summed E-state index contributed by atoms with van der Waals surface area (Å²) in [5.74, 6) is 0.779. The molecule has 1 N–H and O–H groups in total. The van der Waals surface area contributed by atoms with E-state index < -0.39 is 12.6 Å². The van der Waals surface area contributed by atoms with Crippen LogP contribution in [0.15, 0.2) is 42.7 Å². The maximum Gasteiger partial charge on any atom is 0.393 e. The minimum Gasteiger partial charge on any atom is -0.382 e. The number of anilines is 2. The molecule has 2 aliphatic rings. The third-order valence-electron chi connectivity index (χ3n) is 6.32. The van der Waals surface area contributed by atoms with Crippen LogP contribution in [0.4, 0.5) is 24.7 Å². The number of alkyl halides is 3. The summed E-state index contributed by atoms with van der Waals surface area (Å²) in [6.07, 6.45) is 0.841. The number of para-hydroxylation sites is 1. The molecule has 2 aromatic heterocycles. The van der Waals surface area contributed by atoms with Gasteiger partial charge in [-0.15, -0.1) is 11.3 Å². The highest BCUT2D eigenvalue weighted by atomic mass is 32.1. The van der Waals surface area contributed by atoms with E-state index in [2.05, 4.69) is 32.3 Å². The van der Waals surface area contributed by atoms with Crippen molar-refractivity contribution in [2.24, 2.45) is 5.41 Å². The number of nitrogens with zero attached hydrogens (tertiary/aromatic N) is 3. The third kappa shape index (κ3) is 3.97. The SMILES string of the molecule is FC(F)(F)Cc1cc2c(N3CC[C@]4(CC[C@@H](Nc5ccccc5)C4)C3)ncnc2s1. The zero-order valence-corrected chi connectivity index (χ0v) is 17.3. The van der Waals surface area contributed by atoms with Crippen LogP contribution in [0.5, 0.6) is 0 Å². The molecule has 3 aromatic rings. The monoisotopic (exact) mass is 432 g/mol. The Balaban J connectivity index is 1.32. The Morgan fingerprint density at radius 2 is 2.00 bits per heavy atom. The number of aromatic nitrogens is 2. The molecule has 2 fully saturated rings. The topological polar surface area (TPSA) is 41.0 Å². The molecule has 1 aliphatic heterocycles. The van der Waals surface area contributed by atoms with Gasteiger partial charge in [0.15, 0.2) is 0 Å². The number of halogens is 3. The Bertz CT molecular complexity index is 1040. The molecule has 158 valence electrons. The van der Waals surface area contributed by atoms with Gasteiger partial charge in [0.25, 0.3) is 0 Å². The summed E-state index contributed by atoms with van der Waals surface area (Å²) >= 11 is 1.11. The van der Waals surface area contributed by atoms with E-state index in [1.165, 1.54) is 6.33 Å². The van der Waals surface area contributed by atoms with Crippen LogP contribution < -0.4 is 10.2 Å². The average molecular weight is 433 g/mol. The van der Waals surface area contributed by atoms with E-state index in [9.17, 15) is 13.2 Å². The molecule has 0 bridgehead atoms. The summed E-state index contributed by atoms with van der Waals surface area (Å²) in [6, 6.07) is 12.4. The molecule has 5 rings (SSSR count). The van der Waals surface area contributed by atoms with Crippen molar-refractivity contribution in [3.05, 3.63) is 47.6 Å². The molecule has 4 nitrogen and oxygen atoms in total. The van der Waals surface area contributed by atoms with Crippen molar-refractivity contribution in [1.29, 1.82) is 0 Å². The molecule has 0 unspecified atom stereocenters. The molecule has 1 aromatic carbocycles. The summed E-state index contributed by atoms with van der Waals surface area (Å²) in [5.41, 5.74) is 1.40. The Labute approximate surface area is 177 Å². The smallest absolute Gasteiger partial charge is 0.382 e. The molecule has 2 atom stereocenters. The first-order chi connectivity index (χ1) is 14.4. The molecule has 1 saturated carbocycles. The molecule has 1 aliphatic carbocycles. The summed E-state index contributed by atoms with van der Waals surface area (Å²) < 4.78 is 38.5. The second-order valence-electron chi connectivity index (χ2n) is 8.54. The number of hydrogen-bond acceptors (Lipinski definition) is 5. The van der Waals surface area contributed by atoms with E-state index in [-0.39, 0.29) is 5.41 Å². The number of nitrogens with one attached hydrogen (secondary N) is 1. The van der Waals surface area contributed by atoms with Gasteiger partial charge in [-0.3, -0.25) is 0 Å². The number of rotatable bonds is 4. The van der Waals surface area contributed by atoms with Gasteiger partial charge in [0.1, 0.15) is 17.0 Å². The lowest BCUT2D eigenvalue weighted by Crippen LogP contribution is -2.27. The van der Waals surface area contributed by atoms with Crippen LogP contribution >= 0.6 is 11.3 Å². The molecular formula is C22H23F3N4S. The lowest BCUT2D eigenvalue weighted by atomic mass is 9.85. The molecule has 8 heteroatoms. The zero-order valence-electron chi connectivity index (χ0n) is 16.5. The van der Waals surface area contributed by atoms with Crippen LogP contribution in [0.2, 0.25) is 0 Å². The summed E-state index contributed by atoms with van der Waals surface area (Å²) in [7, 11) is 0. The van der Waals surface area contributed by atoms with Crippen LogP contribution in [0, 0.1) is 5.41 Å². The van der Waals surface area contributed by atoms with Crippen LogP contribution in [0.1, 0.15) is 30.6 Å². The predicted molar refractivity (Wildman–Crippen MR) is 114 cm³/mol. The Kier molecular flexibility index (Phi) is 4.84. The van der Waals surface area contributed by atoms with Crippen molar-refractivity contribution in [2.45, 2.75) is 44.3 Å². The summed E-state index contributed by atoms with van der Waals surface area (Å²) in [6.45, 7) is 1.78. The largest absolute Gasteiger partial charge is 0.393 e. The standard InChI is InChI=1S/C22H23F3N4S/c23-22(24,25)12-17-10-18-19(26-14-27-20(18)30-17)29-9-8-21(13-29)7-6-16(11-21)28-15-4-2-1-3-5-15/h1-5,10,14,16,28H,6-9,11-13H2/t16-,21+/m1/s1. The summed E-state index contributed by atoms with van der Waals surface area (Å²) in [5, 5.41) is 4.40. The van der Waals surface area contributed by atoms with Gasteiger partial charge in [-0.1, -0.05) is 18.2 Å². The maximum atomic E-state index is 12.8. The lowest BCUT2D eigenvalue weighted by molar-refractivity contribution is -0.126. The Hall–Kier alpha value is -2.35. The molecule has 1 saturated heterocycles. The van der Waals surface area contributed by atoms with E-state index >= 15 is 0 Å². The summed E-state index contributed by atoms with van der Waals surface area (Å²) in [4.78, 5) is 11.9. The highest BCUT2D eigenvalue weighted by Gasteiger charge is 2.44. The second kappa shape index (κ2) is 7.41. The van der Waals surface area contributed by atoms with Crippen LogP contribution in [-0.2, 0) is 6.42 Å². The van der Waals surface area contributed by atoms with E-state index in [1.54, 1.807) is 6.07 Å². The van der Waals surface area contributed by atoms with E-state index in [0.717, 1.165) is 67.0 Å². The third-order valence-corrected chi connectivity index (χ3v) is 7.36. The predicted octanol–water partition coefficient (Wildman–Crippen LogP) is 5.66. The van der Waals surface area contributed by atoms with Crippen LogP contribution in [0.3, 0.4) is 0 Å². The molecule has 1 spiro atoms. The maximum absolute atomic E-state index is 12.8. The zero-order chi connectivity index (χ0) is 20.8. The number of thiophene rings is 1. The number of fused-ring (bicyclic) bond motifs is 1. The van der Waals surface area contributed by atoms with Crippen LogP contribution in [-0.4, -0.2) is 35.3 Å². The van der Waals surface area contributed by atoms with Crippen molar-refractivity contribution < 1.29 is 13.2 Å². The van der Waals surface area contributed by atoms with Gasteiger partial charge in [-0.25, -0.2) is 9.97 Å². The minimum atomic E-state index is -4.21.